The molecule has 1 unspecified atom stereocenters. The van der Waals surface area contributed by atoms with E-state index in [2.05, 4.69) is 21.8 Å². The molecule has 100 valence electrons. The zero-order valence-electron chi connectivity index (χ0n) is 10.7. The van der Waals surface area contributed by atoms with Gasteiger partial charge >= 0.3 is 0 Å². The number of nitrogens with zero attached hydrogens (tertiary/aromatic N) is 3. The Morgan fingerprint density at radius 2 is 2.17 bits per heavy atom. The topological polar surface area (TPSA) is 29.0 Å². The van der Waals surface area contributed by atoms with Crippen LogP contribution in [0.3, 0.4) is 0 Å². The van der Waals surface area contributed by atoms with Crippen LogP contribution in [0.1, 0.15) is 44.6 Å². The Labute approximate surface area is 119 Å². The van der Waals surface area contributed by atoms with Gasteiger partial charge in [-0.25, -0.2) is 9.97 Å². The number of alkyl halides is 1. The van der Waals surface area contributed by atoms with Crippen molar-refractivity contribution in [2.45, 2.75) is 50.9 Å². The fourth-order valence-corrected chi connectivity index (χ4v) is 3.13. The second-order valence-electron chi connectivity index (χ2n) is 4.71. The van der Waals surface area contributed by atoms with E-state index < -0.39 is 0 Å². The molecule has 18 heavy (non-hydrogen) atoms. The quantitative estimate of drug-likeness (QED) is 0.621. The van der Waals surface area contributed by atoms with E-state index in [9.17, 15) is 0 Å². The van der Waals surface area contributed by atoms with E-state index in [1.807, 2.05) is 0 Å². The van der Waals surface area contributed by atoms with Crippen molar-refractivity contribution in [3.05, 3.63) is 17.0 Å². The van der Waals surface area contributed by atoms with Gasteiger partial charge in [-0.3, -0.25) is 0 Å². The Balaban J connectivity index is 2.35. The molecule has 0 spiro atoms. The lowest BCUT2D eigenvalue weighted by Gasteiger charge is -2.31. The normalized spacial score (nSPS) is 20.8. The van der Waals surface area contributed by atoms with Crippen LogP contribution in [0.25, 0.3) is 0 Å². The van der Waals surface area contributed by atoms with Gasteiger partial charge in [0.2, 0.25) is 0 Å². The van der Waals surface area contributed by atoms with Gasteiger partial charge in [0.1, 0.15) is 17.3 Å². The minimum Gasteiger partial charge on any atom is -0.353 e. The van der Waals surface area contributed by atoms with Gasteiger partial charge in [0.05, 0.1) is 5.88 Å². The first-order chi connectivity index (χ1) is 8.77. The van der Waals surface area contributed by atoms with Crippen LogP contribution < -0.4 is 4.90 Å². The highest BCUT2D eigenvalue weighted by atomic mass is 35.5. The molecule has 1 aliphatic rings. The van der Waals surface area contributed by atoms with Gasteiger partial charge in [-0.05, 0) is 19.3 Å². The van der Waals surface area contributed by atoms with Crippen LogP contribution in [0.2, 0.25) is 5.15 Å². The van der Waals surface area contributed by atoms with E-state index in [-0.39, 0.29) is 0 Å². The summed E-state index contributed by atoms with van der Waals surface area (Å²) in [5.41, 5.74) is 0.862. The Bertz CT molecular complexity index is 398. The van der Waals surface area contributed by atoms with E-state index >= 15 is 0 Å². The summed E-state index contributed by atoms with van der Waals surface area (Å²) < 4.78 is 0. The second kappa shape index (κ2) is 6.58. The predicted octanol–water partition coefficient (Wildman–Crippen LogP) is 4.03. The molecule has 5 heteroatoms. The second-order valence-corrected chi connectivity index (χ2v) is 5.33. The van der Waals surface area contributed by atoms with E-state index in [1.54, 1.807) is 0 Å². The van der Waals surface area contributed by atoms with Crippen LogP contribution in [0.4, 0.5) is 5.82 Å². The van der Waals surface area contributed by atoms with Crippen LogP contribution in [0, 0.1) is 0 Å². The third-order valence-electron chi connectivity index (χ3n) is 3.62. The fraction of sp³-hybridized carbons (Fsp3) is 0.692. The molecule has 0 bridgehead atoms. The fourth-order valence-electron chi connectivity index (χ4n) is 2.63. The van der Waals surface area contributed by atoms with E-state index in [1.165, 1.54) is 32.0 Å². The molecule has 1 atom stereocenters. The summed E-state index contributed by atoms with van der Waals surface area (Å²) in [5, 5.41) is 0.481. The molecule has 0 amide bonds. The summed E-state index contributed by atoms with van der Waals surface area (Å²) in [5.74, 6) is 1.29. The predicted molar refractivity (Wildman–Crippen MR) is 76.5 cm³/mol. The number of halogens is 2. The molecule has 2 rings (SSSR count). The maximum absolute atomic E-state index is 6.12. The van der Waals surface area contributed by atoms with Crippen molar-refractivity contribution in [2.75, 3.05) is 11.4 Å². The van der Waals surface area contributed by atoms with Crippen molar-refractivity contribution in [1.82, 2.24) is 9.97 Å². The summed E-state index contributed by atoms with van der Waals surface area (Å²) in [7, 11) is 0. The van der Waals surface area contributed by atoms with Crippen LogP contribution in [-0.2, 0) is 5.88 Å². The minimum atomic E-state index is 0.363. The lowest BCUT2D eigenvalue weighted by Crippen LogP contribution is -2.35. The molecule has 1 aliphatic heterocycles. The van der Waals surface area contributed by atoms with Crippen molar-refractivity contribution < 1.29 is 0 Å². The van der Waals surface area contributed by atoms with E-state index in [0.29, 0.717) is 17.1 Å². The zero-order chi connectivity index (χ0) is 13.0. The first-order valence-electron chi connectivity index (χ1n) is 6.60. The molecule has 0 N–H and O–H groups in total. The Hall–Kier alpha value is -0.540. The summed E-state index contributed by atoms with van der Waals surface area (Å²) in [6.07, 6.45) is 7.68. The van der Waals surface area contributed by atoms with Crippen LogP contribution in [-0.4, -0.2) is 22.6 Å². The molecule has 3 nitrogen and oxygen atoms in total. The number of rotatable bonds is 3. The van der Waals surface area contributed by atoms with Crippen molar-refractivity contribution in [1.29, 1.82) is 0 Å². The molecule has 0 saturated carbocycles. The zero-order valence-corrected chi connectivity index (χ0v) is 12.2. The van der Waals surface area contributed by atoms with Gasteiger partial charge < -0.3 is 4.90 Å². The molecule has 2 heterocycles. The number of hydrogen-bond acceptors (Lipinski definition) is 3. The molecule has 1 aromatic rings. The minimum absolute atomic E-state index is 0.363. The highest BCUT2D eigenvalue weighted by Gasteiger charge is 2.23. The molecule has 0 radical (unpaired) electrons. The van der Waals surface area contributed by atoms with Crippen LogP contribution in [0.5, 0.6) is 0 Å². The first kappa shape index (κ1) is 13.9. The largest absolute Gasteiger partial charge is 0.353 e. The number of aromatic nitrogens is 2. The van der Waals surface area contributed by atoms with Crippen molar-refractivity contribution >= 4 is 29.0 Å². The van der Waals surface area contributed by atoms with Crippen molar-refractivity contribution in [2.24, 2.45) is 0 Å². The SMILES string of the molecule is CCC1CCCCCN1c1ncnc(Cl)c1CCl. The molecular weight excluding hydrogens is 269 g/mol. The van der Waals surface area contributed by atoms with Gasteiger partial charge in [0.15, 0.2) is 0 Å². The third-order valence-corrected chi connectivity index (χ3v) is 4.22. The highest BCUT2D eigenvalue weighted by molar-refractivity contribution is 6.31. The standard InChI is InChI=1S/C13H19Cl2N3/c1-2-10-6-4-3-5-7-18(10)13-11(8-14)12(15)16-9-17-13/h9-10H,2-8H2,1H3. The van der Waals surface area contributed by atoms with Crippen LogP contribution in [0.15, 0.2) is 6.33 Å². The monoisotopic (exact) mass is 287 g/mol. The van der Waals surface area contributed by atoms with E-state index in [0.717, 1.165) is 24.3 Å². The number of hydrogen-bond donors (Lipinski definition) is 0. The van der Waals surface area contributed by atoms with Crippen LogP contribution >= 0.6 is 23.2 Å². The first-order valence-corrected chi connectivity index (χ1v) is 7.51. The summed E-state index contributed by atoms with van der Waals surface area (Å²) in [4.78, 5) is 10.8. The smallest absolute Gasteiger partial charge is 0.138 e. The molecule has 0 aliphatic carbocycles. The van der Waals surface area contributed by atoms with E-state index in [4.69, 9.17) is 23.2 Å². The van der Waals surface area contributed by atoms with Gasteiger partial charge in [-0.2, -0.15) is 0 Å². The number of anilines is 1. The van der Waals surface area contributed by atoms with Crippen molar-refractivity contribution in [3.8, 4) is 0 Å². The Morgan fingerprint density at radius 3 is 2.89 bits per heavy atom. The third kappa shape index (κ3) is 2.89. The summed E-state index contributed by atoms with van der Waals surface area (Å²) >= 11 is 12.1. The molecule has 1 fully saturated rings. The highest BCUT2D eigenvalue weighted by Crippen LogP contribution is 2.30. The summed E-state index contributed by atoms with van der Waals surface area (Å²) in [6.45, 7) is 3.27. The van der Waals surface area contributed by atoms with Gasteiger partial charge in [0, 0.05) is 18.2 Å². The maximum atomic E-state index is 6.12. The Morgan fingerprint density at radius 1 is 1.33 bits per heavy atom. The average Bonchev–Trinajstić information content (AvgIpc) is 2.63. The average molecular weight is 288 g/mol. The van der Waals surface area contributed by atoms with Gasteiger partial charge in [-0.15, -0.1) is 11.6 Å². The molecule has 0 aromatic carbocycles. The molecule has 1 saturated heterocycles. The lowest BCUT2D eigenvalue weighted by molar-refractivity contribution is 0.551. The Kier molecular flexibility index (Phi) is 5.07. The van der Waals surface area contributed by atoms with Crippen molar-refractivity contribution in [3.63, 3.8) is 0 Å². The van der Waals surface area contributed by atoms with Gasteiger partial charge in [-0.1, -0.05) is 31.4 Å². The van der Waals surface area contributed by atoms with Gasteiger partial charge in [0.25, 0.3) is 0 Å². The maximum Gasteiger partial charge on any atom is 0.138 e. The lowest BCUT2D eigenvalue weighted by atomic mass is 10.1. The molecule has 1 aromatic heterocycles. The molecular formula is C13H19Cl2N3. The summed E-state index contributed by atoms with van der Waals surface area (Å²) in [6, 6.07) is 0.542.